The average molecular weight is 505 g/mol. The van der Waals surface area contributed by atoms with Gasteiger partial charge in [-0.3, -0.25) is 10.2 Å². The molecule has 0 radical (unpaired) electrons. The van der Waals surface area contributed by atoms with Crippen molar-refractivity contribution in [2.24, 2.45) is 5.10 Å². The summed E-state index contributed by atoms with van der Waals surface area (Å²) in [6.07, 6.45) is 1.63. The van der Waals surface area contributed by atoms with E-state index in [4.69, 9.17) is 21.7 Å². The first-order valence-electron chi connectivity index (χ1n) is 11.5. The van der Waals surface area contributed by atoms with Crippen LogP contribution in [0.1, 0.15) is 33.4 Å². The lowest BCUT2D eigenvalue weighted by atomic mass is 10.1. The highest BCUT2D eigenvalue weighted by Crippen LogP contribution is 2.28. The van der Waals surface area contributed by atoms with Gasteiger partial charge in [-0.05, 0) is 92.9 Å². The molecule has 0 saturated heterocycles. The number of rotatable bonds is 8. The quantitative estimate of drug-likeness (QED) is 0.211. The van der Waals surface area contributed by atoms with Crippen molar-refractivity contribution in [2.75, 3.05) is 24.4 Å². The first kappa shape index (κ1) is 26.7. The number of nitrogens with one attached hydrogen (secondary N) is 3. The molecule has 7 nitrogen and oxygen atoms in total. The zero-order valence-corrected chi connectivity index (χ0v) is 22.3. The predicted molar refractivity (Wildman–Crippen MR) is 151 cm³/mol. The normalized spacial score (nSPS) is 10.7. The third-order valence-corrected chi connectivity index (χ3v) is 5.78. The van der Waals surface area contributed by atoms with Gasteiger partial charge in [-0.25, -0.2) is 0 Å². The van der Waals surface area contributed by atoms with Crippen molar-refractivity contribution in [2.45, 2.75) is 34.6 Å². The van der Waals surface area contributed by atoms with Gasteiger partial charge in [0, 0.05) is 11.4 Å². The van der Waals surface area contributed by atoms with E-state index in [1.54, 1.807) is 25.5 Å². The number of anilines is 2. The van der Waals surface area contributed by atoms with E-state index in [0.717, 1.165) is 44.8 Å². The van der Waals surface area contributed by atoms with E-state index < -0.39 is 0 Å². The molecule has 3 aromatic carbocycles. The fraction of sp³-hybridized carbons (Fsp3) is 0.250. The monoisotopic (exact) mass is 504 g/mol. The molecule has 0 bridgehead atoms. The number of benzene rings is 3. The summed E-state index contributed by atoms with van der Waals surface area (Å²) in [6, 6.07) is 15.4. The highest BCUT2D eigenvalue weighted by atomic mass is 32.1. The Morgan fingerprint density at radius 2 is 1.53 bits per heavy atom. The van der Waals surface area contributed by atoms with E-state index in [2.05, 4.69) is 21.2 Å². The second-order valence-corrected chi connectivity index (χ2v) is 9.02. The van der Waals surface area contributed by atoms with Crippen LogP contribution >= 0.6 is 12.2 Å². The Bertz CT molecular complexity index is 1260. The second kappa shape index (κ2) is 12.2. The molecule has 3 rings (SSSR count). The summed E-state index contributed by atoms with van der Waals surface area (Å²) in [4.78, 5) is 12.5. The van der Waals surface area contributed by atoms with Crippen molar-refractivity contribution in [3.05, 3.63) is 81.9 Å². The molecule has 0 fully saturated rings. The first-order valence-corrected chi connectivity index (χ1v) is 11.9. The van der Waals surface area contributed by atoms with Crippen LogP contribution in [0.4, 0.5) is 11.4 Å². The van der Waals surface area contributed by atoms with Gasteiger partial charge in [-0.15, -0.1) is 0 Å². The van der Waals surface area contributed by atoms with E-state index in [0.29, 0.717) is 16.6 Å². The summed E-state index contributed by atoms with van der Waals surface area (Å²) in [5.41, 5.74) is 10.8. The minimum Gasteiger partial charge on any atom is -0.493 e. The molecule has 1 amide bonds. The number of ether oxygens (including phenoxy) is 2. The molecule has 3 N–H and O–H groups in total. The number of amides is 1. The van der Waals surface area contributed by atoms with Gasteiger partial charge >= 0.3 is 0 Å². The van der Waals surface area contributed by atoms with Gasteiger partial charge in [0.25, 0.3) is 5.91 Å². The van der Waals surface area contributed by atoms with Crippen LogP contribution in [0.3, 0.4) is 0 Å². The van der Waals surface area contributed by atoms with Gasteiger partial charge in [0.15, 0.2) is 23.2 Å². The molecular formula is C28H32N4O3S. The minimum absolute atomic E-state index is 0.142. The standard InChI is InChI=1S/C28H32N4O3S/c1-17-12-20(4)27(21(5)13-17)30-25(33)16-35-23-11-10-22(14-24(23)34-6)15-29-32-28(36)31-26-18(2)8-7-9-19(26)3/h7-15H,16H2,1-6H3,(H,30,33)(H2,31,32,36)/b29-15+. The molecule has 0 aliphatic heterocycles. The van der Waals surface area contributed by atoms with Gasteiger partial charge in [0.1, 0.15) is 0 Å². The van der Waals surface area contributed by atoms with Crippen molar-refractivity contribution in [3.8, 4) is 11.5 Å². The number of thiocarbonyl (C=S) groups is 1. The van der Waals surface area contributed by atoms with Crippen LogP contribution in [0, 0.1) is 34.6 Å². The van der Waals surface area contributed by atoms with Gasteiger partial charge < -0.3 is 20.1 Å². The number of hydrogen-bond donors (Lipinski definition) is 3. The third kappa shape index (κ3) is 7.05. The van der Waals surface area contributed by atoms with E-state index in [-0.39, 0.29) is 12.5 Å². The summed E-state index contributed by atoms with van der Waals surface area (Å²) in [6.45, 7) is 9.87. The van der Waals surface area contributed by atoms with Gasteiger partial charge in [-0.2, -0.15) is 5.10 Å². The van der Waals surface area contributed by atoms with Crippen molar-refractivity contribution >= 4 is 40.8 Å². The van der Waals surface area contributed by atoms with E-state index in [1.165, 1.54) is 0 Å². The predicted octanol–water partition coefficient (Wildman–Crippen LogP) is 5.58. The summed E-state index contributed by atoms with van der Waals surface area (Å²) in [5.74, 6) is 0.708. The lowest BCUT2D eigenvalue weighted by Gasteiger charge is -2.14. The zero-order valence-electron chi connectivity index (χ0n) is 21.5. The van der Waals surface area contributed by atoms with Gasteiger partial charge in [-0.1, -0.05) is 35.9 Å². The molecule has 36 heavy (non-hydrogen) atoms. The maximum absolute atomic E-state index is 12.5. The second-order valence-electron chi connectivity index (χ2n) is 8.61. The number of nitrogens with zero attached hydrogens (tertiary/aromatic N) is 1. The number of carbonyl (C=O) groups excluding carboxylic acids is 1. The van der Waals surface area contributed by atoms with E-state index >= 15 is 0 Å². The molecule has 0 spiro atoms. The number of hydrogen-bond acceptors (Lipinski definition) is 5. The molecule has 0 aliphatic rings. The fourth-order valence-electron chi connectivity index (χ4n) is 3.90. The lowest BCUT2D eigenvalue weighted by Crippen LogP contribution is -2.24. The number of methoxy groups -OCH3 is 1. The molecule has 3 aromatic rings. The van der Waals surface area contributed by atoms with Crippen molar-refractivity contribution in [1.82, 2.24) is 5.43 Å². The lowest BCUT2D eigenvalue weighted by molar-refractivity contribution is -0.118. The molecule has 8 heteroatoms. The molecule has 0 aliphatic carbocycles. The Balaban J connectivity index is 1.57. The SMILES string of the molecule is COc1cc(/C=N/NC(=S)Nc2c(C)cccc2C)ccc1OCC(=O)Nc1c(C)cc(C)cc1C. The average Bonchev–Trinajstić information content (AvgIpc) is 2.82. The van der Waals surface area contributed by atoms with Gasteiger partial charge in [0.2, 0.25) is 0 Å². The molecule has 0 aromatic heterocycles. The van der Waals surface area contributed by atoms with Crippen LogP contribution in [0.25, 0.3) is 0 Å². The number of para-hydroxylation sites is 1. The van der Waals surface area contributed by atoms with Gasteiger partial charge in [0.05, 0.1) is 13.3 Å². The number of hydrazone groups is 1. The molecule has 0 heterocycles. The molecule has 0 atom stereocenters. The Kier molecular flexibility index (Phi) is 9.02. The van der Waals surface area contributed by atoms with Crippen LogP contribution in [0.15, 0.2) is 53.6 Å². The largest absolute Gasteiger partial charge is 0.493 e. The summed E-state index contributed by atoms with van der Waals surface area (Å²) in [5, 5.41) is 10.7. The van der Waals surface area contributed by atoms with Crippen LogP contribution in [-0.4, -0.2) is 31.0 Å². The maximum atomic E-state index is 12.5. The Morgan fingerprint density at radius 1 is 0.889 bits per heavy atom. The highest BCUT2D eigenvalue weighted by molar-refractivity contribution is 7.80. The van der Waals surface area contributed by atoms with E-state index in [9.17, 15) is 4.79 Å². The summed E-state index contributed by atoms with van der Waals surface area (Å²) < 4.78 is 11.2. The van der Waals surface area contributed by atoms with Crippen LogP contribution in [0.2, 0.25) is 0 Å². The molecular weight excluding hydrogens is 472 g/mol. The maximum Gasteiger partial charge on any atom is 0.262 e. The fourth-order valence-corrected chi connectivity index (χ4v) is 4.05. The van der Waals surface area contributed by atoms with Crippen molar-refractivity contribution < 1.29 is 14.3 Å². The Labute approximate surface area is 217 Å². The van der Waals surface area contributed by atoms with Crippen molar-refractivity contribution in [3.63, 3.8) is 0 Å². The Hall–Kier alpha value is -3.91. The third-order valence-electron chi connectivity index (χ3n) is 5.59. The summed E-state index contributed by atoms with van der Waals surface area (Å²) >= 11 is 5.35. The van der Waals surface area contributed by atoms with Crippen LogP contribution in [0.5, 0.6) is 11.5 Å². The van der Waals surface area contributed by atoms with Crippen molar-refractivity contribution in [1.29, 1.82) is 0 Å². The van der Waals surface area contributed by atoms with Crippen LogP contribution in [-0.2, 0) is 4.79 Å². The minimum atomic E-state index is -0.244. The summed E-state index contributed by atoms with van der Waals surface area (Å²) in [7, 11) is 1.55. The van der Waals surface area contributed by atoms with E-state index in [1.807, 2.05) is 71.0 Å². The van der Waals surface area contributed by atoms with Crippen LogP contribution < -0.4 is 25.5 Å². The molecule has 0 saturated carbocycles. The Morgan fingerprint density at radius 3 is 2.17 bits per heavy atom. The smallest absolute Gasteiger partial charge is 0.262 e. The zero-order chi connectivity index (χ0) is 26.2. The number of aryl methyl sites for hydroxylation is 5. The highest BCUT2D eigenvalue weighted by Gasteiger charge is 2.11. The molecule has 188 valence electrons. The molecule has 0 unspecified atom stereocenters. The number of carbonyl (C=O) groups is 1. The topological polar surface area (TPSA) is 84.0 Å². The first-order chi connectivity index (χ1) is 17.2.